The molecule has 0 saturated heterocycles. The summed E-state index contributed by atoms with van der Waals surface area (Å²) in [4.78, 5) is 49.4. The Morgan fingerprint density at radius 1 is 1.34 bits per heavy atom. The molecule has 2 fully saturated rings. The lowest BCUT2D eigenvalue weighted by molar-refractivity contribution is -0.118. The van der Waals surface area contributed by atoms with E-state index in [9.17, 15) is 24.2 Å². The molecule has 0 radical (unpaired) electrons. The van der Waals surface area contributed by atoms with E-state index in [4.69, 9.17) is 35.2 Å². The summed E-state index contributed by atoms with van der Waals surface area (Å²) < 4.78 is 52.0. The molecule has 19 nitrogen and oxygen atoms in total. The number of halogens is 1. The van der Waals surface area contributed by atoms with Gasteiger partial charge in [0.2, 0.25) is 11.9 Å². The quantitative estimate of drug-likeness (QED) is 0.103. The van der Waals surface area contributed by atoms with E-state index in [0.29, 0.717) is 12.2 Å². The van der Waals surface area contributed by atoms with Gasteiger partial charge in [0, 0.05) is 24.6 Å². The highest BCUT2D eigenvalue weighted by molar-refractivity contribution is 8.07. The van der Waals surface area contributed by atoms with Crippen LogP contribution in [0.4, 0.5) is 16.2 Å². The zero-order valence-electron chi connectivity index (χ0n) is 26.9. The predicted octanol–water partition coefficient (Wildman–Crippen LogP) is 2.00. The van der Waals surface area contributed by atoms with E-state index in [1.54, 1.807) is 19.9 Å². The molecule has 0 aromatic carbocycles. The van der Waals surface area contributed by atoms with E-state index in [0.717, 1.165) is 0 Å². The van der Waals surface area contributed by atoms with Crippen molar-refractivity contribution < 1.29 is 41.8 Å². The minimum absolute atomic E-state index is 0.0472. The second kappa shape index (κ2) is 16.8. The van der Waals surface area contributed by atoms with Crippen molar-refractivity contribution in [3.8, 4) is 6.07 Å². The molecule has 3 heterocycles. The van der Waals surface area contributed by atoms with Crippen molar-refractivity contribution in [1.82, 2.24) is 34.9 Å². The average Bonchev–Trinajstić information content (AvgIpc) is 3.76. The van der Waals surface area contributed by atoms with Crippen LogP contribution in [0.3, 0.4) is 0 Å². The summed E-state index contributed by atoms with van der Waals surface area (Å²) in [7, 11) is -3.55. The number of rotatable bonds is 16. The number of alkyl halides is 1. The normalized spacial score (nSPS) is 26.9. The van der Waals surface area contributed by atoms with Gasteiger partial charge in [-0.25, -0.2) is 19.0 Å². The van der Waals surface area contributed by atoms with E-state index in [2.05, 4.69) is 40.9 Å². The van der Waals surface area contributed by atoms with Crippen LogP contribution in [0.15, 0.2) is 23.4 Å². The van der Waals surface area contributed by atoms with E-state index in [1.807, 2.05) is 6.07 Å². The third kappa shape index (κ3) is 9.12. The number of nitrogens with one attached hydrogen (secondary N) is 3. The lowest BCUT2D eigenvalue weighted by atomic mass is 10.1. The van der Waals surface area contributed by atoms with Crippen LogP contribution in [-0.2, 0) is 39.3 Å². The second-order valence-electron chi connectivity index (χ2n) is 12.1. The number of aliphatic hydroxyl groups excluding tert-OH is 1. The van der Waals surface area contributed by atoms with Crippen LogP contribution in [0.5, 0.6) is 0 Å². The third-order valence-electron chi connectivity index (χ3n) is 8.29. The van der Waals surface area contributed by atoms with Crippen LogP contribution in [-0.4, -0.2) is 95.1 Å². The first kappa shape index (κ1) is 37.9. The van der Waals surface area contributed by atoms with Crippen molar-refractivity contribution in [2.75, 3.05) is 30.5 Å². The second-order valence-corrected chi connectivity index (χ2v) is 15.8. The highest BCUT2D eigenvalue weighted by atomic mass is 32.5. The van der Waals surface area contributed by atoms with Gasteiger partial charge in [0.25, 0.3) is 5.56 Å². The number of fused-ring (bicyclic) bond motifs is 1. The third-order valence-corrected chi connectivity index (χ3v) is 11.1. The van der Waals surface area contributed by atoms with E-state index < -0.39 is 62.8 Å². The summed E-state index contributed by atoms with van der Waals surface area (Å²) in [5.74, 6) is -1.62. The first-order chi connectivity index (χ1) is 23.9. The lowest BCUT2D eigenvalue weighted by Crippen LogP contribution is -2.33. The van der Waals surface area contributed by atoms with Gasteiger partial charge in [-0.3, -0.25) is 24.5 Å². The van der Waals surface area contributed by atoms with Crippen molar-refractivity contribution in [3.05, 3.63) is 28.9 Å². The topological polar surface area (TPSA) is 262 Å². The molecule has 9 atom stereocenters. The fourth-order valence-corrected chi connectivity index (χ4v) is 8.59. The van der Waals surface area contributed by atoms with Gasteiger partial charge in [0.05, 0.1) is 43.9 Å². The number of carbonyl (C=O) groups excluding carboxylic acids is 1. The summed E-state index contributed by atoms with van der Waals surface area (Å²) in [6.45, 7) is -1.07. The standard InChI is InChI=1S/C27H37FN10O9P2S/c1-14(2)25(40)34-27-33-24-22(26(41)35-27)36-37-38(24)18-8-15(11-39)9-19(18)47-49(50,44-7-3-5-29)45-12-16-10-17(21(28)23(16)46-48(42)43)32-20-4-6-30-13-31-20/h4,6,13-19,21,23,39,48H,3,7-12H2,1-2H3,(H,42,43)(H,30,31,32)(H2,33,34,35,40,41)/t15-,16+,17+,18+,19-,21-,23+,49?/m0/s1. The molecule has 0 spiro atoms. The minimum Gasteiger partial charge on any atom is -0.396 e. The van der Waals surface area contributed by atoms with E-state index in [1.165, 1.54) is 17.2 Å². The number of hydrogen-bond donors (Lipinski definition) is 5. The number of H-pyrrole nitrogens is 1. The van der Waals surface area contributed by atoms with Gasteiger partial charge in [-0.05, 0) is 43.1 Å². The average molecular weight is 759 g/mol. The lowest BCUT2D eigenvalue weighted by Gasteiger charge is -2.29. The summed E-state index contributed by atoms with van der Waals surface area (Å²) in [6, 6.07) is 1.95. The Labute approximate surface area is 290 Å². The van der Waals surface area contributed by atoms with Gasteiger partial charge in [0.1, 0.15) is 24.4 Å². The highest BCUT2D eigenvalue weighted by Gasteiger charge is 2.47. The Balaban J connectivity index is 1.39. The van der Waals surface area contributed by atoms with E-state index >= 15 is 4.39 Å². The number of anilines is 2. The van der Waals surface area contributed by atoms with Gasteiger partial charge in [0.15, 0.2) is 11.2 Å². The van der Waals surface area contributed by atoms with Gasteiger partial charge >= 0.3 is 15.0 Å². The number of amides is 1. The number of aromatic nitrogens is 7. The van der Waals surface area contributed by atoms with Crippen LogP contribution in [0.25, 0.3) is 11.2 Å². The molecular formula is C27H37FN10O9P2S. The van der Waals surface area contributed by atoms with Crippen molar-refractivity contribution in [2.24, 2.45) is 17.8 Å². The molecule has 2 aliphatic carbocycles. The Kier molecular flexibility index (Phi) is 12.7. The van der Waals surface area contributed by atoms with Crippen molar-refractivity contribution in [3.63, 3.8) is 0 Å². The number of hydrogen-bond acceptors (Lipinski definition) is 16. The summed E-state index contributed by atoms with van der Waals surface area (Å²) >= 11 is 5.78. The Hall–Kier alpha value is -3.31. The molecule has 50 heavy (non-hydrogen) atoms. The van der Waals surface area contributed by atoms with Gasteiger partial charge in [-0.2, -0.15) is 10.2 Å². The smallest absolute Gasteiger partial charge is 0.327 e. The van der Waals surface area contributed by atoms with Crippen LogP contribution in [0.2, 0.25) is 0 Å². The first-order valence-corrected chi connectivity index (χ1v) is 19.5. The number of aromatic amines is 1. The molecule has 5 N–H and O–H groups in total. The maximum atomic E-state index is 15.6. The monoisotopic (exact) mass is 758 g/mol. The molecular weight excluding hydrogens is 721 g/mol. The maximum Gasteiger partial charge on any atom is 0.327 e. The SMILES string of the molecule is CC(C)C(=O)Nc1nc2c(nnn2[C@@H]2C[C@H](CO)C[C@@H]2OP(=S)(OCCC#N)OC[C@H]2C[C@@H](Nc3ccncn3)[C@H](F)[C@@H]2O[PH](=O)O)c(=O)[nH]1. The van der Waals surface area contributed by atoms with Gasteiger partial charge < -0.3 is 33.4 Å². The summed E-state index contributed by atoms with van der Waals surface area (Å²) in [5, 5.41) is 32.9. The zero-order chi connectivity index (χ0) is 36.0. The fraction of sp³-hybridized carbons (Fsp3) is 0.630. The molecule has 0 bridgehead atoms. The molecule has 272 valence electrons. The molecule has 2 saturated carbocycles. The molecule has 2 unspecified atom stereocenters. The Morgan fingerprint density at radius 2 is 2.14 bits per heavy atom. The Morgan fingerprint density at radius 3 is 2.82 bits per heavy atom. The van der Waals surface area contributed by atoms with Gasteiger partial charge in [-0.1, -0.05) is 19.1 Å². The predicted molar refractivity (Wildman–Crippen MR) is 178 cm³/mol. The molecule has 3 aromatic heterocycles. The fourth-order valence-electron chi connectivity index (χ4n) is 5.86. The number of nitrogens with zero attached hydrogens (tertiary/aromatic N) is 7. The van der Waals surface area contributed by atoms with Gasteiger partial charge in [-0.15, -0.1) is 5.10 Å². The number of aliphatic hydroxyl groups is 1. The molecule has 2 aliphatic rings. The minimum atomic E-state index is -3.76. The molecule has 3 aromatic rings. The highest BCUT2D eigenvalue weighted by Crippen LogP contribution is 2.56. The first-order valence-electron chi connectivity index (χ1n) is 15.7. The largest absolute Gasteiger partial charge is 0.396 e. The van der Waals surface area contributed by atoms with Crippen LogP contribution < -0.4 is 16.2 Å². The van der Waals surface area contributed by atoms with Crippen LogP contribution in [0.1, 0.15) is 45.6 Å². The molecule has 5 rings (SSSR count). The molecule has 23 heteroatoms. The number of carbonyl (C=O) groups is 1. The van der Waals surface area contributed by atoms with Crippen LogP contribution >= 0.6 is 15.0 Å². The van der Waals surface area contributed by atoms with Crippen molar-refractivity contribution in [1.29, 1.82) is 5.26 Å². The van der Waals surface area contributed by atoms with Crippen molar-refractivity contribution in [2.45, 2.75) is 70.0 Å². The zero-order valence-corrected chi connectivity index (χ0v) is 29.6. The summed E-state index contributed by atoms with van der Waals surface area (Å²) in [6.07, 6.45) is -0.539. The maximum absolute atomic E-state index is 15.6. The van der Waals surface area contributed by atoms with Crippen molar-refractivity contribution >= 4 is 55.6 Å². The molecule has 0 aliphatic heterocycles. The molecule has 1 amide bonds. The Bertz CT molecular complexity index is 1820. The van der Waals surface area contributed by atoms with E-state index in [-0.39, 0.29) is 68.0 Å². The van der Waals surface area contributed by atoms with Crippen LogP contribution in [0, 0.1) is 29.1 Å². The summed E-state index contributed by atoms with van der Waals surface area (Å²) in [5.41, 5.74) is -0.688. The number of nitriles is 1.